The number of hydrogen-bond donors (Lipinski definition) is 1. The Hall–Kier alpha value is -1.62. The Bertz CT molecular complexity index is 334. The first-order valence-corrected chi connectivity index (χ1v) is 5.64. The van der Waals surface area contributed by atoms with E-state index in [1.807, 2.05) is 0 Å². The van der Waals surface area contributed by atoms with Gasteiger partial charge in [0.2, 0.25) is 0 Å². The molecule has 0 aromatic heterocycles. The molecule has 1 aliphatic carbocycles. The van der Waals surface area contributed by atoms with Crippen LogP contribution in [0.25, 0.3) is 0 Å². The molecule has 0 bridgehead atoms. The number of hydrogen-bond acceptors (Lipinski definition) is 5. The lowest BCUT2D eigenvalue weighted by molar-refractivity contribution is -0.146. The molecular formula is C13H22O5. The molecule has 0 aromatic rings. The van der Waals surface area contributed by atoms with E-state index < -0.39 is 12.8 Å². The van der Waals surface area contributed by atoms with Gasteiger partial charge in [-0.25, -0.2) is 9.59 Å². The van der Waals surface area contributed by atoms with Crippen molar-refractivity contribution in [2.75, 3.05) is 13.4 Å². The van der Waals surface area contributed by atoms with E-state index in [9.17, 15) is 9.59 Å². The molecule has 0 saturated heterocycles. The molecule has 0 heterocycles. The molecule has 0 amide bonds. The van der Waals surface area contributed by atoms with Crippen LogP contribution in [-0.4, -0.2) is 30.4 Å². The summed E-state index contributed by atoms with van der Waals surface area (Å²) in [7, 11) is 0. The average molecular weight is 258 g/mol. The van der Waals surface area contributed by atoms with E-state index >= 15 is 0 Å². The van der Waals surface area contributed by atoms with Crippen LogP contribution in [-0.2, 0) is 19.1 Å². The van der Waals surface area contributed by atoms with Gasteiger partial charge in [0, 0.05) is 12.6 Å². The SMILES string of the molecule is C=C(C)C(=O)OCC1CC1.C=C(C)C(=O)OCO.[HH]. The molecule has 0 unspecified atom stereocenters. The van der Waals surface area contributed by atoms with E-state index in [2.05, 4.69) is 17.9 Å². The molecule has 18 heavy (non-hydrogen) atoms. The van der Waals surface area contributed by atoms with Crippen LogP contribution >= 0.6 is 0 Å². The summed E-state index contributed by atoms with van der Waals surface area (Å²) in [5.74, 6) is -0.178. The van der Waals surface area contributed by atoms with Crippen LogP contribution in [0.5, 0.6) is 0 Å². The van der Waals surface area contributed by atoms with E-state index in [1.165, 1.54) is 19.8 Å². The Balaban J connectivity index is 0. The fourth-order valence-electron chi connectivity index (χ4n) is 0.783. The maximum Gasteiger partial charge on any atom is 0.335 e. The molecule has 1 aliphatic rings. The molecule has 0 spiro atoms. The summed E-state index contributed by atoms with van der Waals surface area (Å²) in [6, 6.07) is 0. The topological polar surface area (TPSA) is 72.8 Å². The van der Waals surface area contributed by atoms with Gasteiger partial charge < -0.3 is 14.6 Å². The fraction of sp³-hybridized carbons (Fsp3) is 0.538. The van der Waals surface area contributed by atoms with E-state index in [0.717, 1.165) is 0 Å². The first kappa shape index (κ1) is 16.4. The van der Waals surface area contributed by atoms with Gasteiger partial charge in [-0.3, -0.25) is 0 Å². The lowest BCUT2D eigenvalue weighted by atomic mass is 10.3. The lowest BCUT2D eigenvalue weighted by Gasteiger charge is -2.00. The van der Waals surface area contributed by atoms with E-state index in [1.54, 1.807) is 6.92 Å². The lowest BCUT2D eigenvalue weighted by Crippen LogP contribution is -2.06. The van der Waals surface area contributed by atoms with Crippen molar-refractivity contribution in [3.05, 3.63) is 24.3 Å². The number of carbonyl (C=O) groups is 2. The van der Waals surface area contributed by atoms with Crippen LogP contribution in [0, 0.1) is 5.92 Å². The third kappa shape index (κ3) is 8.52. The summed E-state index contributed by atoms with van der Waals surface area (Å²) in [4.78, 5) is 21.0. The van der Waals surface area contributed by atoms with E-state index in [-0.39, 0.29) is 7.40 Å². The molecular weight excluding hydrogens is 236 g/mol. The van der Waals surface area contributed by atoms with E-state index in [0.29, 0.717) is 23.7 Å². The van der Waals surface area contributed by atoms with Gasteiger partial charge in [-0.15, -0.1) is 0 Å². The fourth-order valence-corrected chi connectivity index (χ4v) is 0.783. The van der Waals surface area contributed by atoms with Crippen LogP contribution in [0.3, 0.4) is 0 Å². The van der Waals surface area contributed by atoms with Crippen LogP contribution in [0.15, 0.2) is 24.3 Å². The van der Waals surface area contributed by atoms with Crippen LogP contribution < -0.4 is 0 Å². The first-order valence-electron chi connectivity index (χ1n) is 5.64. The zero-order valence-electron chi connectivity index (χ0n) is 10.9. The number of rotatable bonds is 5. The zero-order chi connectivity index (χ0) is 14.1. The third-order valence-electron chi connectivity index (χ3n) is 2.04. The van der Waals surface area contributed by atoms with Crippen molar-refractivity contribution in [2.45, 2.75) is 26.7 Å². The summed E-state index contributed by atoms with van der Waals surface area (Å²) < 4.78 is 9.01. The van der Waals surface area contributed by atoms with Gasteiger partial charge >= 0.3 is 11.9 Å². The Morgan fingerprint density at radius 3 is 1.89 bits per heavy atom. The minimum absolute atomic E-state index is 0. The minimum atomic E-state index is -0.578. The Morgan fingerprint density at radius 2 is 1.61 bits per heavy atom. The maximum absolute atomic E-state index is 10.8. The van der Waals surface area contributed by atoms with Crippen molar-refractivity contribution in [1.82, 2.24) is 0 Å². The van der Waals surface area contributed by atoms with Crippen molar-refractivity contribution in [2.24, 2.45) is 5.92 Å². The highest BCUT2D eigenvalue weighted by Crippen LogP contribution is 2.28. The van der Waals surface area contributed by atoms with Crippen molar-refractivity contribution in [3.63, 3.8) is 0 Å². The van der Waals surface area contributed by atoms with Gasteiger partial charge in [0.05, 0.1) is 6.61 Å². The Labute approximate surface area is 109 Å². The van der Waals surface area contributed by atoms with Gasteiger partial charge in [0.1, 0.15) is 0 Å². The first-order chi connectivity index (χ1) is 8.38. The normalized spacial score (nSPS) is 12.8. The van der Waals surface area contributed by atoms with Gasteiger partial charge in [-0.2, -0.15) is 0 Å². The second-order valence-corrected chi connectivity index (χ2v) is 4.16. The van der Waals surface area contributed by atoms with E-state index in [4.69, 9.17) is 9.84 Å². The summed E-state index contributed by atoms with van der Waals surface area (Å²) in [6.07, 6.45) is 2.42. The highest BCUT2D eigenvalue weighted by Gasteiger charge is 2.22. The van der Waals surface area contributed by atoms with Crippen LogP contribution in [0.1, 0.15) is 28.1 Å². The summed E-state index contributed by atoms with van der Waals surface area (Å²) in [5.41, 5.74) is 0.778. The smallest absolute Gasteiger partial charge is 0.335 e. The van der Waals surface area contributed by atoms with Gasteiger partial charge in [-0.1, -0.05) is 13.2 Å². The molecule has 1 saturated carbocycles. The predicted molar refractivity (Wildman–Crippen MR) is 68.6 cm³/mol. The average Bonchev–Trinajstić information content (AvgIpc) is 3.10. The van der Waals surface area contributed by atoms with Crippen LogP contribution in [0.4, 0.5) is 0 Å². The number of ether oxygens (including phenoxy) is 2. The molecule has 0 aromatic carbocycles. The molecule has 0 atom stereocenters. The van der Waals surface area contributed by atoms with Crippen molar-refractivity contribution < 1.29 is 25.6 Å². The zero-order valence-corrected chi connectivity index (χ0v) is 10.9. The van der Waals surface area contributed by atoms with Crippen molar-refractivity contribution in [1.29, 1.82) is 0 Å². The molecule has 1 rings (SSSR count). The molecule has 1 fully saturated rings. The van der Waals surface area contributed by atoms with Crippen molar-refractivity contribution in [3.8, 4) is 0 Å². The van der Waals surface area contributed by atoms with Crippen molar-refractivity contribution >= 4 is 11.9 Å². The number of aliphatic hydroxyl groups excluding tert-OH is 1. The largest absolute Gasteiger partial charge is 0.462 e. The maximum atomic E-state index is 10.8. The molecule has 0 aliphatic heterocycles. The predicted octanol–water partition coefficient (Wildman–Crippen LogP) is 1.82. The highest BCUT2D eigenvalue weighted by atomic mass is 16.6. The molecule has 5 nitrogen and oxygen atoms in total. The summed E-state index contributed by atoms with van der Waals surface area (Å²) in [5, 5.41) is 8.00. The van der Waals surface area contributed by atoms with Gasteiger partial charge in [-0.05, 0) is 32.6 Å². The number of esters is 2. The van der Waals surface area contributed by atoms with Gasteiger partial charge in [0.15, 0.2) is 6.79 Å². The molecule has 0 radical (unpaired) electrons. The standard InChI is InChI=1S/C8H12O2.C5H8O3.H2/c1-6(2)8(9)10-5-7-3-4-7;1-4(2)5(7)8-3-6;/h7H,1,3-5H2,2H3;6H,1,3H2,2H3;1H. The van der Waals surface area contributed by atoms with Crippen LogP contribution in [0.2, 0.25) is 0 Å². The molecule has 5 heteroatoms. The monoisotopic (exact) mass is 258 g/mol. The molecule has 1 N–H and O–H groups in total. The Morgan fingerprint density at radius 1 is 1.17 bits per heavy atom. The Kier molecular flexibility index (Phi) is 7.71. The summed E-state index contributed by atoms with van der Waals surface area (Å²) in [6.45, 7) is 9.95. The highest BCUT2D eigenvalue weighted by molar-refractivity contribution is 5.87. The third-order valence-corrected chi connectivity index (χ3v) is 2.04. The summed E-state index contributed by atoms with van der Waals surface area (Å²) >= 11 is 0. The second-order valence-electron chi connectivity index (χ2n) is 4.16. The van der Waals surface area contributed by atoms with Gasteiger partial charge in [0.25, 0.3) is 0 Å². The molecule has 104 valence electrons. The quantitative estimate of drug-likeness (QED) is 0.462. The second kappa shape index (κ2) is 8.47. The number of aliphatic hydroxyl groups is 1. The number of carbonyl (C=O) groups excluding carboxylic acids is 2. The minimum Gasteiger partial charge on any atom is -0.462 e.